The van der Waals surface area contributed by atoms with E-state index in [2.05, 4.69) is 6.08 Å². The van der Waals surface area contributed by atoms with Gasteiger partial charge in [-0.3, -0.25) is 4.79 Å². The van der Waals surface area contributed by atoms with Gasteiger partial charge in [0.15, 0.2) is 5.79 Å². The molecular formula is C20H28O6. The van der Waals surface area contributed by atoms with Crippen LogP contribution in [-0.2, 0) is 14.3 Å². The maximum Gasteiger partial charge on any atom is 0.318 e. The fraction of sp³-hybridized carbons (Fsp3) is 0.850. The van der Waals surface area contributed by atoms with Crippen molar-refractivity contribution in [3.05, 3.63) is 11.6 Å². The molecule has 0 radical (unpaired) electrons. The molecule has 3 aliphatic heterocycles. The Morgan fingerprint density at radius 1 is 1.31 bits per heavy atom. The molecule has 5 fully saturated rings. The van der Waals surface area contributed by atoms with Crippen molar-refractivity contribution in [2.75, 3.05) is 13.2 Å². The Labute approximate surface area is 153 Å². The van der Waals surface area contributed by atoms with Crippen molar-refractivity contribution in [2.24, 2.45) is 28.1 Å². The van der Waals surface area contributed by atoms with Gasteiger partial charge in [-0.2, -0.15) is 0 Å². The SMILES string of the molecule is C[C@@]1([C@H](O)CO)CC[C@@H]2C(=C[C@H]3OC(=O)[C@]4(C)[C@H]3[C@]23CC[C@]4(O)OC3)C1. The minimum absolute atomic E-state index is 0.0594. The van der Waals surface area contributed by atoms with Gasteiger partial charge in [-0.1, -0.05) is 12.5 Å². The number of fused-ring (bicyclic) bond motifs is 3. The fourth-order valence-corrected chi connectivity index (χ4v) is 7.04. The zero-order valence-electron chi connectivity index (χ0n) is 15.4. The van der Waals surface area contributed by atoms with Crippen LogP contribution in [0.2, 0.25) is 0 Å². The number of allylic oxidation sites excluding steroid dienone is 1. The van der Waals surface area contributed by atoms with Gasteiger partial charge in [-0.15, -0.1) is 0 Å². The summed E-state index contributed by atoms with van der Waals surface area (Å²) >= 11 is 0. The molecule has 6 rings (SSSR count). The Morgan fingerprint density at radius 2 is 2.08 bits per heavy atom. The monoisotopic (exact) mass is 364 g/mol. The molecule has 6 heteroatoms. The lowest BCUT2D eigenvalue weighted by atomic mass is 9.42. The van der Waals surface area contributed by atoms with E-state index in [1.54, 1.807) is 0 Å². The Morgan fingerprint density at radius 3 is 2.73 bits per heavy atom. The molecule has 26 heavy (non-hydrogen) atoms. The average Bonchev–Trinajstić information content (AvgIpc) is 2.89. The van der Waals surface area contributed by atoms with E-state index in [-0.39, 0.29) is 41.3 Å². The summed E-state index contributed by atoms with van der Waals surface area (Å²) in [6.45, 7) is 4.05. The van der Waals surface area contributed by atoms with Crippen LogP contribution < -0.4 is 0 Å². The van der Waals surface area contributed by atoms with Gasteiger partial charge in [0.05, 0.1) is 19.3 Å². The quantitative estimate of drug-likeness (QED) is 0.502. The Balaban J connectivity index is 1.60. The van der Waals surface area contributed by atoms with Crippen LogP contribution in [0.4, 0.5) is 0 Å². The third-order valence-corrected chi connectivity index (χ3v) is 8.67. The first-order chi connectivity index (χ1) is 12.2. The van der Waals surface area contributed by atoms with Crippen LogP contribution in [0, 0.1) is 28.1 Å². The highest BCUT2D eigenvalue weighted by atomic mass is 16.6. The summed E-state index contributed by atoms with van der Waals surface area (Å²) in [5.74, 6) is -1.56. The molecule has 0 aromatic heterocycles. The van der Waals surface area contributed by atoms with Crippen LogP contribution in [-0.4, -0.2) is 52.5 Å². The third kappa shape index (κ3) is 1.71. The minimum atomic E-state index is -1.42. The smallest absolute Gasteiger partial charge is 0.318 e. The maximum atomic E-state index is 12.8. The topological polar surface area (TPSA) is 96.2 Å². The molecule has 3 N–H and O–H groups in total. The van der Waals surface area contributed by atoms with Crippen LogP contribution in [0.5, 0.6) is 0 Å². The second-order valence-electron chi connectivity index (χ2n) is 9.72. The summed E-state index contributed by atoms with van der Waals surface area (Å²) < 4.78 is 11.7. The number of carbonyl (C=O) groups is 1. The van der Waals surface area contributed by atoms with Gasteiger partial charge in [0.1, 0.15) is 11.5 Å². The van der Waals surface area contributed by atoms with E-state index in [9.17, 15) is 20.1 Å². The Hall–Kier alpha value is -0.950. The summed E-state index contributed by atoms with van der Waals surface area (Å²) in [6, 6.07) is 0. The lowest BCUT2D eigenvalue weighted by Crippen LogP contribution is -2.71. The number of hydrogen-bond donors (Lipinski definition) is 3. The van der Waals surface area contributed by atoms with E-state index in [0.29, 0.717) is 19.4 Å². The standard InChI is InChI=1S/C20H28O6/c1-17(14(22)9-21)4-3-12-11(8-17)7-13-15-18(2,16(23)26-13)20(24)6-5-19(12,15)10-25-20/h7,12-15,21-22,24H,3-6,8-10H2,1-2H3/t12-,13-,14-,15+,17-,18+,19+,20+/m1/s1. The van der Waals surface area contributed by atoms with Crippen LogP contribution in [0.15, 0.2) is 11.6 Å². The van der Waals surface area contributed by atoms with Crippen LogP contribution in [0.25, 0.3) is 0 Å². The molecule has 0 amide bonds. The van der Waals surface area contributed by atoms with E-state index in [4.69, 9.17) is 9.47 Å². The van der Waals surface area contributed by atoms with E-state index in [1.807, 2.05) is 13.8 Å². The largest absolute Gasteiger partial charge is 0.457 e. The van der Waals surface area contributed by atoms with Crippen LogP contribution in [0.1, 0.15) is 46.0 Å². The summed E-state index contributed by atoms with van der Waals surface area (Å²) in [5, 5.41) is 30.8. The van der Waals surface area contributed by atoms with Crippen molar-refractivity contribution in [1.82, 2.24) is 0 Å². The number of rotatable bonds is 2. The Bertz CT molecular complexity index is 692. The van der Waals surface area contributed by atoms with Crippen molar-refractivity contribution in [3.63, 3.8) is 0 Å². The highest BCUT2D eigenvalue weighted by Crippen LogP contribution is 2.72. The summed E-state index contributed by atoms with van der Waals surface area (Å²) in [7, 11) is 0. The first-order valence-corrected chi connectivity index (χ1v) is 9.77. The van der Waals surface area contributed by atoms with Gasteiger partial charge in [0, 0.05) is 17.8 Å². The fourth-order valence-electron chi connectivity index (χ4n) is 7.04. The van der Waals surface area contributed by atoms with Crippen molar-refractivity contribution in [1.29, 1.82) is 0 Å². The minimum Gasteiger partial charge on any atom is -0.457 e. The molecule has 3 heterocycles. The lowest BCUT2D eigenvalue weighted by Gasteiger charge is -2.66. The molecule has 0 aromatic rings. The number of aliphatic hydroxyl groups excluding tert-OH is 2. The second-order valence-corrected chi connectivity index (χ2v) is 9.72. The molecule has 0 unspecified atom stereocenters. The highest BCUT2D eigenvalue weighted by Gasteiger charge is 2.78. The van der Waals surface area contributed by atoms with Crippen molar-refractivity contribution < 1.29 is 29.6 Å². The molecule has 1 spiro atoms. The molecule has 6 nitrogen and oxygen atoms in total. The molecule has 2 saturated carbocycles. The van der Waals surface area contributed by atoms with E-state index in [0.717, 1.165) is 19.3 Å². The Kier molecular flexibility index (Phi) is 3.24. The third-order valence-electron chi connectivity index (χ3n) is 8.67. The van der Waals surface area contributed by atoms with Crippen molar-refractivity contribution >= 4 is 5.97 Å². The van der Waals surface area contributed by atoms with Gasteiger partial charge in [0.25, 0.3) is 0 Å². The van der Waals surface area contributed by atoms with Gasteiger partial charge in [0.2, 0.25) is 0 Å². The molecule has 0 aromatic carbocycles. The van der Waals surface area contributed by atoms with Crippen molar-refractivity contribution in [2.45, 2.75) is 63.9 Å². The maximum absolute atomic E-state index is 12.8. The average molecular weight is 364 g/mol. The molecule has 3 aliphatic carbocycles. The van der Waals surface area contributed by atoms with Crippen molar-refractivity contribution in [3.8, 4) is 0 Å². The number of carbonyl (C=O) groups excluding carboxylic acids is 1. The second kappa shape index (κ2) is 4.90. The zero-order valence-corrected chi connectivity index (χ0v) is 15.4. The molecule has 144 valence electrons. The lowest BCUT2D eigenvalue weighted by molar-refractivity contribution is -0.367. The van der Waals surface area contributed by atoms with Gasteiger partial charge < -0.3 is 24.8 Å². The number of ether oxygens (including phenoxy) is 2. The molecule has 8 atom stereocenters. The number of aliphatic hydroxyl groups is 3. The van der Waals surface area contributed by atoms with E-state index >= 15 is 0 Å². The molecular weight excluding hydrogens is 336 g/mol. The van der Waals surface area contributed by atoms with E-state index in [1.165, 1.54) is 5.57 Å². The zero-order chi connectivity index (χ0) is 18.5. The first kappa shape index (κ1) is 17.2. The predicted octanol–water partition coefficient (Wildman–Crippen LogP) is 1.13. The van der Waals surface area contributed by atoms with Gasteiger partial charge in [-0.25, -0.2) is 0 Å². The summed E-state index contributed by atoms with van der Waals surface area (Å²) in [5.41, 5.74) is -0.342. The van der Waals surface area contributed by atoms with Gasteiger partial charge >= 0.3 is 5.97 Å². The number of hydrogen-bond acceptors (Lipinski definition) is 6. The highest BCUT2D eigenvalue weighted by molar-refractivity contribution is 5.82. The predicted molar refractivity (Wildman–Crippen MR) is 90.7 cm³/mol. The molecule has 3 saturated heterocycles. The normalized spacial score (nSPS) is 55.7. The van der Waals surface area contributed by atoms with E-state index < -0.39 is 17.3 Å². The number of esters is 1. The van der Waals surface area contributed by atoms with Crippen LogP contribution in [0.3, 0.4) is 0 Å². The molecule has 6 aliphatic rings. The first-order valence-electron chi connectivity index (χ1n) is 9.77. The summed E-state index contributed by atoms with van der Waals surface area (Å²) in [6.07, 6.45) is 4.71. The summed E-state index contributed by atoms with van der Waals surface area (Å²) in [4.78, 5) is 12.8. The van der Waals surface area contributed by atoms with Gasteiger partial charge in [-0.05, 0) is 50.0 Å². The van der Waals surface area contributed by atoms with Crippen LogP contribution >= 0.6 is 0 Å². The molecule has 2 bridgehead atoms.